The van der Waals surface area contributed by atoms with Gasteiger partial charge in [0.05, 0.1) is 13.2 Å². The topological polar surface area (TPSA) is 158 Å². The van der Waals surface area contributed by atoms with Crippen LogP contribution in [0.5, 0.6) is 5.75 Å². The number of para-hydroxylation sites is 1. The Kier molecular flexibility index (Phi) is 8.87. The Morgan fingerprint density at radius 3 is 2.61 bits per heavy atom. The predicted octanol–water partition coefficient (Wildman–Crippen LogP) is 2.26. The fourth-order valence-corrected chi connectivity index (χ4v) is 5.89. The van der Waals surface area contributed by atoms with Gasteiger partial charge in [-0.1, -0.05) is 45.7 Å². The van der Waals surface area contributed by atoms with Crippen LogP contribution in [0.1, 0.15) is 27.0 Å². The average Bonchev–Trinajstić information content (AvgIpc) is 3.01. The first-order valence-electron chi connectivity index (χ1n) is 10.8. The van der Waals surface area contributed by atoms with E-state index in [1.807, 2.05) is 0 Å². The number of alkyl halides is 2. The Bertz CT molecular complexity index is 1240. The van der Waals surface area contributed by atoms with E-state index >= 15 is 0 Å². The molecule has 0 saturated carbocycles. The zero-order valence-corrected chi connectivity index (χ0v) is 22.8. The molecule has 0 radical (unpaired) electrons. The molecule has 0 unspecified atom stereocenters. The fourth-order valence-electron chi connectivity index (χ4n) is 3.29. The van der Waals surface area contributed by atoms with Gasteiger partial charge in [0.25, 0.3) is 5.56 Å². The molecule has 0 bridgehead atoms. The van der Waals surface area contributed by atoms with Gasteiger partial charge in [0.1, 0.15) is 23.5 Å². The second-order valence-corrected chi connectivity index (χ2v) is 12.4. The van der Waals surface area contributed by atoms with E-state index in [4.69, 9.17) is 30.1 Å². The van der Waals surface area contributed by atoms with Crippen LogP contribution in [0.15, 0.2) is 52.2 Å². The van der Waals surface area contributed by atoms with Gasteiger partial charge in [-0.15, -0.1) is 0 Å². The number of hydrogen-bond acceptors (Lipinski definition) is 9. The average molecular weight is 611 g/mol. The molecule has 12 nitrogen and oxygen atoms in total. The zero-order valence-electron chi connectivity index (χ0n) is 19.6. The summed E-state index contributed by atoms with van der Waals surface area (Å²) in [4.78, 5) is 38.1. The molecule has 0 amide bonds. The summed E-state index contributed by atoms with van der Waals surface area (Å²) >= 11 is 9.61. The molecular formula is C21H26BrClN3O9P. The van der Waals surface area contributed by atoms with Crippen LogP contribution in [0.3, 0.4) is 0 Å². The third kappa shape index (κ3) is 6.46. The second-order valence-electron chi connectivity index (χ2n) is 8.32. The van der Waals surface area contributed by atoms with Crippen molar-refractivity contribution in [2.24, 2.45) is 0 Å². The van der Waals surface area contributed by atoms with Crippen molar-refractivity contribution >= 4 is 41.2 Å². The van der Waals surface area contributed by atoms with Gasteiger partial charge in [-0.25, -0.2) is 9.36 Å². The molecule has 1 aliphatic heterocycles. The third-order valence-electron chi connectivity index (χ3n) is 5.06. The molecular weight excluding hydrogens is 585 g/mol. The van der Waals surface area contributed by atoms with E-state index in [1.165, 1.54) is 26.0 Å². The lowest BCUT2D eigenvalue weighted by Gasteiger charge is -2.29. The molecule has 3 rings (SSSR count). The van der Waals surface area contributed by atoms with Crippen LogP contribution >= 0.6 is 35.3 Å². The van der Waals surface area contributed by atoms with Gasteiger partial charge >= 0.3 is 19.4 Å². The summed E-state index contributed by atoms with van der Waals surface area (Å²) < 4.78 is 35.0. The molecule has 198 valence electrons. The van der Waals surface area contributed by atoms with Crippen LogP contribution in [0, 0.1) is 0 Å². The van der Waals surface area contributed by atoms with Crippen LogP contribution in [0.25, 0.3) is 0 Å². The lowest BCUT2D eigenvalue weighted by atomic mass is 10.1. The summed E-state index contributed by atoms with van der Waals surface area (Å²) in [6.45, 7) is 4.09. The van der Waals surface area contributed by atoms with Crippen molar-refractivity contribution in [3.05, 3.63) is 63.4 Å². The van der Waals surface area contributed by atoms with E-state index in [2.05, 4.69) is 26.0 Å². The minimum Gasteiger partial charge on any atom is -0.465 e. The molecule has 1 saturated heterocycles. The van der Waals surface area contributed by atoms with Gasteiger partial charge in [0.2, 0.25) is 0 Å². The second kappa shape index (κ2) is 11.2. The summed E-state index contributed by atoms with van der Waals surface area (Å²) in [5, 5.41) is 13.4. The Labute approximate surface area is 219 Å². The lowest BCUT2D eigenvalue weighted by molar-refractivity contribution is -0.149. The summed E-state index contributed by atoms with van der Waals surface area (Å²) in [6.07, 6.45) is -2.78. The number of halogens is 2. The summed E-state index contributed by atoms with van der Waals surface area (Å²) in [5.74, 6) is -0.508. The van der Waals surface area contributed by atoms with Crippen LogP contribution in [0.2, 0.25) is 0 Å². The third-order valence-corrected chi connectivity index (χ3v) is 8.11. The van der Waals surface area contributed by atoms with E-state index in [0.29, 0.717) is 0 Å². The van der Waals surface area contributed by atoms with Gasteiger partial charge in [0.15, 0.2) is 10.0 Å². The summed E-state index contributed by atoms with van der Waals surface area (Å²) in [5.41, 5.74) is -2.92. The molecule has 2 heterocycles. The Morgan fingerprint density at radius 2 is 2.00 bits per heavy atom. The molecule has 5 atom stereocenters. The zero-order chi connectivity index (χ0) is 26.7. The number of aromatic nitrogens is 2. The lowest BCUT2D eigenvalue weighted by Crippen LogP contribution is -2.47. The molecule has 1 aliphatic rings. The van der Waals surface area contributed by atoms with E-state index in [0.717, 1.165) is 16.8 Å². The maximum atomic E-state index is 13.7. The van der Waals surface area contributed by atoms with Crippen LogP contribution in [0.4, 0.5) is 0 Å². The number of aliphatic hydroxyl groups is 1. The summed E-state index contributed by atoms with van der Waals surface area (Å²) in [7, 11) is -4.29. The van der Waals surface area contributed by atoms with Crippen molar-refractivity contribution in [3.8, 4) is 5.75 Å². The highest BCUT2D eigenvalue weighted by atomic mass is 79.9. The van der Waals surface area contributed by atoms with Crippen LogP contribution < -0.4 is 20.9 Å². The number of aromatic amines is 1. The SMILES string of the molecule is CCOC(=O)C(C)(C)N[P@](=O)(OC[C@H]1O[C@@H](n2ccc(=O)[nH]c2=O)[C@](Cl)(Br)[C@@H]1O)Oc1ccccc1. The summed E-state index contributed by atoms with van der Waals surface area (Å²) in [6, 6.07) is 9.20. The molecule has 3 N–H and O–H groups in total. The fraction of sp³-hybridized carbons (Fsp3) is 0.476. The highest BCUT2D eigenvalue weighted by Crippen LogP contribution is 2.50. The number of hydrogen-bond donors (Lipinski definition) is 3. The Morgan fingerprint density at radius 1 is 1.33 bits per heavy atom. The molecule has 0 spiro atoms. The minimum atomic E-state index is -4.29. The van der Waals surface area contributed by atoms with E-state index < -0.39 is 59.3 Å². The molecule has 36 heavy (non-hydrogen) atoms. The van der Waals surface area contributed by atoms with E-state index in [-0.39, 0.29) is 12.4 Å². The number of aliphatic hydroxyl groups excluding tert-OH is 1. The molecule has 1 aromatic carbocycles. The number of benzene rings is 1. The van der Waals surface area contributed by atoms with Gasteiger partial charge in [-0.05, 0) is 32.9 Å². The minimum absolute atomic E-state index is 0.102. The molecule has 15 heteroatoms. The van der Waals surface area contributed by atoms with Crippen molar-refractivity contribution in [3.63, 3.8) is 0 Å². The number of carbonyl (C=O) groups excluding carboxylic acids is 1. The van der Waals surface area contributed by atoms with Crippen LogP contribution in [-0.2, 0) is 23.4 Å². The van der Waals surface area contributed by atoms with Gasteiger partial charge in [-0.2, -0.15) is 5.09 Å². The quantitative estimate of drug-likeness (QED) is 0.207. The molecule has 1 fully saturated rings. The largest absolute Gasteiger partial charge is 0.465 e. The first kappa shape index (κ1) is 28.6. The molecule has 0 aliphatic carbocycles. The van der Waals surface area contributed by atoms with Gasteiger partial charge in [0, 0.05) is 12.3 Å². The van der Waals surface area contributed by atoms with E-state index in [9.17, 15) is 24.1 Å². The highest BCUT2D eigenvalue weighted by Gasteiger charge is 2.56. The van der Waals surface area contributed by atoms with Crippen molar-refractivity contribution < 1.29 is 33.0 Å². The maximum absolute atomic E-state index is 13.7. The van der Waals surface area contributed by atoms with E-state index in [1.54, 1.807) is 25.1 Å². The first-order chi connectivity index (χ1) is 16.8. The number of nitrogens with zero attached hydrogens (tertiary/aromatic N) is 1. The highest BCUT2D eigenvalue weighted by molar-refractivity contribution is 9.10. The number of carbonyl (C=O) groups is 1. The number of nitrogens with one attached hydrogen (secondary N) is 2. The maximum Gasteiger partial charge on any atom is 0.459 e. The van der Waals surface area contributed by atoms with Crippen molar-refractivity contribution in [1.29, 1.82) is 0 Å². The first-order valence-corrected chi connectivity index (χ1v) is 13.5. The number of ether oxygens (including phenoxy) is 2. The number of H-pyrrole nitrogens is 1. The normalized spacial score (nSPS) is 25.8. The standard InChI is InChI=1S/C21H26BrClN3O9P/c1-4-32-18(29)20(2,3)25-36(31,35-13-8-6-5-7-9-13)33-12-14-16(28)21(22,23)17(34-14)26-11-10-15(27)24-19(26)30/h5-11,14,16-17,28H,4,12H2,1-3H3,(H,25,31)(H,24,27,30)/t14-,16-,17-,21+,36+/m1/s1. The van der Waals surface area contributed by atoms with Crippen LogP contribution in [-0.4, -0.2) is 55.4 Å². The van der Waals surface area contributed by atoms with Gasteiger partial charge < -0.3 is 19.1 Å². The van der Waals surface area contributed by atoms with Crippen molar-refractivity contribution in [2.45, 2.75) is 48.5 Å². The van der Waals surface area contributed by atoms with Crippen molar-refractivity contribution in [2.75, 3.05) is 13.2 Å². The Hall–Kier alpha value is -1.99. The molecule has 2 aromatic rings. The predicted molar refractivity (Wildman–Crippen MR) is 133 cm³/mol. The monoisotopic (exact) mass is 609 g/mol. The molecule has 1 aromatic heterocycles. The number of esters is 1. The smallest absolute Gasteiger partial charge is 0.459 e. The van der Waals surface area contributed by atoms with Gasteiger partial charge in [-0.3, -0.25) is 23.7 Å². The van der Waals surface area contributed by atoms with Crippen molar-refractivity contribution in [1.82, 2.24) is 14.6 Å². The number of rotatable bonds is 10. The Balaban J connectivity index is 1.84.